The molecule has 0 bridgehead atoms. The molecule has 0 saturated heterocycles. The summed E-state index contributed by atoms with van der Waals surface area (Å²) in [6.07, 6.45) is 0. The number of benzene rings is 2. The van der Waals surface area contributed by atoms with E-state index in [1.165, 1.54) is 11.1 Å². The van der Waals surface area contributed by atoms with Crippen LogP contribution < -0.4 is 11.5 Å². The normalized spacial score (nSPS) is 9.20. The Labute approximate surface area is 176 Å². The van der Waals surface area contributed by atoms with Crippen LogP contribution >= 0.6 is 49.6 Å². The van der Waals surface area contributed by atoms with E-state index in [2.05, 4.69) is 0 Å². The standard InChI is InChI=1S/2C9H13N.4ClH.H2O/c2*1-9(2,10)8-6-4-3-5-7-8;;;;;/h2*3-7H,10H2,1-2H3;4*1H;1H2. The molecule has 0 aliphatic heterocycles. The van der Waals surface area contributed by atoms with E-state index in [1.807, 2.05) is 88.4 Å². The monoisotopic (exact) mass is 432 g/mol. The molecule has 7 heteroatoms. The maximum Gasteiger partial charge on any atom is 0.0352 e. The van der Waals surface area contributed by atoms with Crippen molar-refractivity contribution in [1.29, 1.82) is 0 Å². The van der Waals surface area contributed by atoms with Gasteiger partial charge in [0.1, 0.15) is 0 Å². The van der Waals surface area contributed by atoms with Gasteiger partial charge in [-0.3, -0.25) is 0 Å². The molecule has 2 rings (SSSR count). The van der Waals surface area contributed by atoms with Crippen molar-refractivity contribution in [3.8, 4) is 0 Å². The van der Waals surface area contributed by atoms with Crippen molar-refractivity contribution in [2.45, 2.75) is 38.8 Å². The second-order valence-corrected chi connectivity index (χ2v) is 6.18. The first-order valence-corrected chi connectivity index (χ1v) is 6.90. The SMILES string of the molecule is CC(C)(N)c1ccccc1.CC(C)(N)c1ccccc1.Cl.Cl.Cl.Cl.O. The van der Waals surface area contributed by atoms with E-state index in [-0.39, 0.29) is 66.2 Å². The van der Waals surface area contributed by atoms with E-state index >= 15 is 0 Å². The summed E-state index contributed by atoms with van der Waals surface area (Å²) in [6.45, 7) is 8.01. The van der Waals surface area contributed by atoms with Crippen molar-refractivity contribution in [2.75, 3.05) is 0 Å². The van der Waals surface area contributed by atoms with Crippen LogP contribution in [0.1, 0.15) is 38.8 Å². The molecule has 2 aromatic carbocycles. The maximum absolute atomic E-state index is 5.86. The smallest absolute Gasteiger partial charge is 0.0352 e. The quantitative estimate of drug-likeness (QED) is 0.723. The van der Waals surface area contributed by atoms with E-state index in [0.717, 1.165) is 0 Å². The molecule has 0 unspecified atom stereocenters. The van der Waals surface area contributed by atoms with Gasteiger partial charge >= 0.3 is 0 Å². The predicted molar refractivity (Wildman–Crippen MR) is 120 cm³/mol. The third kappa shape index (κ3) is 14.3. The first-order valence-electron chi connectivity index (χ1n) is 6.90. The van der Waals surface area contributed by atoms with Gasteiger partial charge in [0.25, 0.3) is 0 Å². The van der Waals surface area contributed by atoms with Crippen LogP contribution in [0, 0.1) is 0 Å². The van der Waals surface area contributed by atoms with Crippen molar-refractivity contribution in [1.82, 2.24) is 0 Å². The fraction of sp³-hybridized carbons (Fsp3) is 0.333. The molecule has 0 spiro atoms. The lowest BCUT2D eigenvalue weighted by Crippen LogP contribution is -2.28. The fourth-order valence-electron chi connectivity index (χ4n) is 1.74. The Balaban J connectivity index is -0.0000000889. The Morgan fingerprint density at radius 2 is 0.720 bits per heavy atom. The van der Waals surface area contributed by atoms with E-state index in [9.17, 15) is 0 Å². The van der Waals surface area contributed by atoms with Gasteiger partial charge in [-0.05, 0) is 38.8 Å². The van der Waals surface area contributed by atoms with E-state index < -0.39 is 0 Å². The minimum Gasteiger partial charge on any atom is -0.412 e. The topological polar surface area (TPSA) is 83.5 Å². The summed E-state index contributed by atoms with van der Waals surface area (Å²) in [5.74, 6) is 0. The zero-order valence-corrected chi connectivity index (χ0v) is 18.3. The largest absolute Gasteiger partial charge is 0.412 e. The minimum absolute atomic E-state index is 0. The molecule has 2 aromatic rings. The number of hydrogen-bond acceptors (Lipinski definition) is 2. The van der Waals surface area contributed by atoms with Crippen LogP contribution in [0.2, 0.25) is 0 Å². The average Bonchev–Trinajstić information content (AvgIpc) is 2.40. The molecule has 148 valence electrons. The van der Waals surface area contributed by atoms with Gasteiger partial charge in [0.2, 0.25) is 0 Å². The highest BCUT2D eigenvalue weighted by molar-refractivity contribution is 5.86. The second-order valence-electron chi connectivity index (χ2n) is 6.18. The molecule has 0 amide bonds. The maximum atomic E-state index is 5.86. The highest BCUT2D eigenvalue weighted by Gasteiger charge is 2.12. The summed E-state index contributed by atoms with van der Waals surface area (Å²) >= 11 is 0. The summed E-state index contributed by atoms with van der Waals surface area (Å²) in [6, 6.07) is 20.2. The molecule has 0 saturated carbocycles. The first-order chi connectivity index (χ1) is 9.21. The van der Waals surface area contributed by atoms with Crippen LogP contribution in [0.15, 0.2) is 60.7 Å². The van der Waals surface area contributed by atoms with Crippen molar-refractivity contribution >= 4 is 49.6 Å². The Kier molecular flexibility index (Phi) is 22.4. The zero-order valence-electron chi connectivity index (χ0n) is 15.1. The lowest BCUT2D eigenvalue weighted by atomic mass is 9.96. The van der Waals surface area contributed by atoms with Gasteiger partial charge in [-0.15, -0.1) is 49.6 Å². The highest BCUT2D eigenvalue weighted by atomic mass is 35.5. The van der Waals surface area contributed by atoms with Gasteiger partial charge in [-0.1, -0.05) is 60.7 Å². The molecule has 0 atom stereocenters. The molecule has 6 N–H and O–H groups in total. The number of rotatable bonds is 2. The predicted octanol–water partition coefficient (Wildman–Crippen LogP) is 4.62. The Hall–Kier alpha value is -0.520. The van der Waals surface area contributed by atoms with Crippen LogP contribution in [0.25, 0.3) is 0 Å². The Bertz CT molecular complexity index is 463. The average molecular weight is 434 g/mol. The summed E-state index contributed by atoms with van der Waals surface area (Å²) < 4.78 is 0. The van der Waals surface area contributed by atoms with Crippen LogP contribution in [-0.2, 0) is 11.1 Å². The first kappa shape index (κ1) is 35.6. The molecule has 25 heavy (non-hydrogen) atoms. The molecule has 0 aromatic heterocycles. The molecule has 0 fully saturated rings. The van der Waals surface area contributed by atoms with Gasteiger partial charge in [0, 0.05) is 11.1 Å². The molecule has 0 aliphatic carbocycles. The van der Waals surface area contributed by atoms with Crippen LogP contribution in [-0.4, -0.2) is 5.48 Å². The summed E-state index contributed by atoms with van der Waals surface area (Å²) in [7, 11) is 0. The summed E-state index contributed by atoms with van der Waals surface area (Å²) in [5, 5.41) is 0. The van der Waals surface area contributed by atoms with Crippen molar-refractivity contribution in [3.63, 3.8) is 0 Å². The zero-order chi connectivity index (χ0) is 15.2. The molecule has 0 heterocycles. The van der Waals surface area contributed by atoms with Gasteiger partial charge in [-0.2, -0.15) is 0 Å². The molecule has 0 radical (unpaired) electrons. The van der Waals surface area contributed by atoms with Crippen LogP contribution in [0.4, 0.5) is 0 Å². The van der Waals surface area contributed by atoms with Crippen molar-refractivity contribution < 1.29 is 5.48 Å². The molecular formula is C18H32Cl4N2O. The van der Waals surface area contributed by atoms with Crippen LogP contribution in [0.5, 0.6) is 0 Å². The van der Waals surface area contributed by atoms with Gasteiger partial charge in [0.15, 0.2) is 0 Å². The van der Waals surface area contributed by atoms with Crippen molar-refractivity contribution in [2.24, 2.45) is 11.5 Å². The third-order valence-electron chi connectivity index (χ3n) is 3.04. The minimum atomic E-state index is -0.207. The number of hydrogen-bond donors (Lipinski definition) is 2. The Morgan fingerprint density at radius 1 is 0.520 bits per heavy atom. The van der Waals surface area contributed by atoms with Crippen LogP contribution in [0.3, 0.4) is 0 Å². The third-order valence-corrected chi connectivity index (χ3v) is 3.04. The lowest BCUT2D eigenvalue weighted by Gasteiger charge is -2.18. The summed E-state index contributed by atoms with van der Waals surface area (Å²) in [5.41, 5.74) is 13.7. The highest BCUT2D eigenvalue weighted by Crippen LogP contribution is 2.15. The molecular weight excluding hydrogens is 402 g/mol. The van der Waals surface area contributed by atoms with E-state index in [4.69, 9.17) is 11.5 Å². The van der Waals surface area contributed by atoms with Crippen molar-refractivity contribution in [3.05, 3.63) is 71.8 Å². The van der Waals surface area contributed by atoms with E-state index in [1.54, 1.807) is 0 Å². The lowest BCUT2D eigenvalue weighted by molar-refractivity contribution is 0.554. The number of nitrogens with two attached hydrogens (primary N) is 2. The van der Waals surface area contributed by atoms with E-state index in [0.29, 0.717) is 0 Å². The van der Waals surface area contributed by atoms with Gasteiger partial charge in [0.05, 0.1) is 0 Å². The molecule has 3 nitrogen and oxygen atoms in total. The number of halogens is 4. The van der Waals surface area contributed by atoms with Gasteiger partial charge in [-0.25, -0.2) is 0 Å². The Morgan fingerprint density at radius 3 is 0.840 bits per heavy atom. The van der Waals surface area contributed by atoms with Gasteiger partial charge < -0.3 is 16.9 Å². The summed E-state index contributed by atoms with van der Waals surface area (Å²) in [4.78, 5) is 0. The molecule has 0 aliphatic rings. The second kappa shape index (κ2) is 15.7. The fourth-order valence-corrected chi connectivity index (χ4v) is 1.74.